The summed E-state index contributed by atoms with van der Waals surface area (Å²) in [5.41, 5.74) is 0.553. The van der Waals surface area contributed by atoms with Crippen molar-refractivity contribution in [1.29, 1.82) is 0 Å². The van der Waals surface area contributed by atoms with Crippen molar-refractivity contribution < 1.29 is 5.11 Å². The lowest BCUT2D eigenvalue weighted by atomic mass is 10.3. The molecule has 0 aliphatic carbocycles. The first-order chi connectivity index (χ1) is 5.52. The van der Waals surface area contributed by atoms with Gasteiger partial charge in [-0.2, -0.15) is 0 Å². The number of rotatable bonds is 1. The molecule has 66 valence electrons. The fourth-order valence-electron chi connectivity index (χ4n) is 1.19. The molecule has 1 N–H and O–H groups in total. The summed E-state index contributed by atoms with van der Waals surface area (Å²) in [7, 11) is 0. The molecule has 0 atom stereocenters. The van der Waals surface area contributed by atoms with Crippen LogP contribution in [0.3, 0.4) is 0 Å². The van der Waals surface area contributed by atoms with Gasteiger partial charge in [0, 0.05) is 17.8 Å². The summed E-state index contributed by atoms with van der Waals surface area (Å²) in [5, 5.41) is 9.14. The predicted molar refractivity (Wildman–Crippen MR) is 47.5 cm³/mol. The Morgan fingerprint density at radius 1 is 1.50 bits per heavy atom. The molecule has 1 aromatic heterocycles. The quantitative estimate of drug-likeness (QED) is 0.687. The van der Waals surface area contributed by atoms with Crippen molar-refractivity contribution in [2.75, 3.05) is 0 Å². The molecule has 1 aromatic rings. The molecule has 0 aliphatic rings. The summed E-state index contributed by atoms with van der Waals surface area (Å²) in [5.74, 6) is -0.186. The molecule has 0 saturated carbocycles. The zero-order valence-corrected chi connectivity index (χ0v) is 7.53. The first kappa shape index (κ1) is 8.84. The van der Waals surface area contributed by atoms with Crippen molar-refractivity contribution >= 4 is 0 Å². The molecule has 12 heavy (non-hydrogen) atoms. The number of hydrogen-bond acceptors (Lipinski definition) is 2. The second-order valence-corrected chi connectivity index (χ2v) is 3.17. The molecule has 1 rings (SSSR count). The number of pyridine rings is 1. The van der Waals surface area contributed by atoms with E-state index in [1.54, 1.807) is 0 Å². The minimum absolute atomic E-state index is 0.186. The molecule has 0 aromatic carbocycles. The highest BCUT2D eigenvalue weighted by molar-refractivity contribution is 5.19. The molecule has 0 unspecified atom stereocenters. The lowest BCUT2D eigenvalue weighted by molar-refractivity contribution is 0.452. The SMILES string of the molecule is Cc1cc(=O)c(O)cn1C(C)C. The predicted octanol–water partition coefficient (Wildman–Crippen LogP) is 1.44. The van der Waals surface area contributed by atoms with Gasteiger partial charge in [0.1, 0.15) is 0 Å². The Bertz CT molecular complexity index is 339. The molecule has 3 heteroatoms. The summed E-state index contributed by atoms with van der Waals surface area (Å²) in [6, 6.07) is 1.70. The van der Waals surface area contributed by atoms with E-state index < -0.39 is 0 Å². The number of aromatic nitrogens is 1. The Hall–Kier alpha value is -1.25. The zero-order valence-electron chi connectivity index (χ0n) is 7.53. The molecular weight excluding hydrogens is 154 g/mol. The van der Waals surface area contributed by atoms with Gasteiger partial charge in [0.15, 0.2) is 5.75 Å². The maximum atomic E-state index is 11.0. The average Bonchev–Trinajstić information content (AvgIpc) is 1.96. The monoisotopic (exact) mass is 167 g/mol. The van der Waals surface area contributed by atoms with E-state index in [9.17, 15) is 4.79 Å². The number of aryl methyl sites for hydroxylation is 1. The summed E-state index contributed by atoms with van der Waals surface area (Å²) >= 11 is 0. The first-order valence-corrected chi connectivity index (χ1v) is 3.94. The number of hydrogen-bond donors (Lipinski definition) is 1. The van der Waals surface area contributed by atoms with Gasteiger partial charge < -0.3 is 9.67 Å². The normalized spacial score (nSPS) is 10.7. The average molecular weight is 167 g/mol. The third-order valence-corrected chi connectivity index (χ3v) is 1.82. The van der Waals surface area contributed by atoms with Crippen molar-refractivity contribution in [3.63, 3.8) is 0 Å². The van der Waals surface area contributed by atoms with Gasteiger partial charge in [0.25, 0.3) is 0 Å². The van der Waals surface area contributed by atoms with Crippen LogP contribution in [0.4, 0.5) is 0 Å². The third kappa shape index (κ3) is 1.49. The molecule has 0 saturated heterocycles. The van der Waals surface area contributed by atoms with E-state index in [1.165, 1.54) is 12.3 Å². The van der Waals surface area contributed by atoms with E-state index in [-0.39, 0.29) is 17.2 Å². The van der Waals surface area contributed by atoms with Gasteiger partial charge in [-0.05, 0) is 20.8 Å². The van der Waals surface area contributed by atoms with Crippen LogP contribution in [0, 0.1) is 6.92 Å². The Morgan fingerprint density at radius 3 is 2.58 bits per heavy atom. The van der Waals surface area contributed by atoms with Crippen LogP contribution in [0.1, 0.15) is 25.6 Å². The van der Waals surface area contributed by atoms with Crippen LogP contribution in [0.5, 0.6) is 5.75 Å². The fourth-order valence-corrected chi connectivity index (χ4v) is 1.19. The molecule has 0 radical (unpaired) electrons. The van der Waals surface area contributed by atoms with Gasteiger partial charge in [0.05, 0.1) is 6.20 Å². The van der Waals surface area contributed by atoms with Gasteiger partial charge in [-0.3, -0.25) is 4.79 Å². The second kappa shape index (κ2) is 3.01. The van der Waals surface area contributed by atoms with E-state index in [0.29, 0.717) is 0 Å². The second-order valence-electron chi connectivity index (χ2n) is 3.17. The Labute approximate surface area is 71.3 Å². The molecule has 0 spiro atoms. The third-order valence-electron chi connectivity index (χ3n) is 1.82. The molecule has 0 bridgehead atoms. The molecule has 0 amide bonds. The van der Waals surface area contributed by atoms with Crippen molar-refractivity contribution in [2.45, 2.75) is 26.8 Å². The van der Waals surface area contributed by atoms with Crippen molar-refractivity contribution in [1.82, 2.24) is 4.57 Å². The van der Waals surface area contributed by atoms with Crippen LogP contribution < -0.4 is 5.43 Å². The molecule has 1 heterocycles. The van der Waals surface area contributed by atoms with E-state index >= 15 is 0 Å². The Balaban J connectivity index is 3.33. The van der Waals surface area contributed by atoms with Crippen LogP contribution >= 0.6 is 0 Å². The van der Waals surface area contributed by atoms with Crippen molar-refractivity contribution in [3.05, 3.63) is 28.2 Å². The minimum Gasteiger partial charge on any atom is -0.503 e. The van der Waals surface area contributed by atoms with Crippen LogP contribution in [0.2, 0.25) is 0 Å². The van der Waals surface area contributed by atoms with E-state index in [0.717, 1.165) is 5.69 Å². The lowest BCUT2D eigenvalue weighted by Gasteiger charge is -2.14. The topological polar surface area (TPSA) is 42.2 Å². The van der Waals surface area contributed by atoms with Gasteiger partial charge in [-0.1, -0.05) is 0 Å². The summed E-state index contributed by atoms with van der Waals surface area (Å²) in [6.07, 6.45) is 1.47. The van der Waals surface area contributed by atoms with Gasteiger partial charge in [-0.15, -0.1) is 0 Å². The van der Waals surface area contributed by atoms with Crippen molar-refractivity contribution in [2.24, 2.45) is 0 Å². The van der Waals surface area contributed by atoms with Gasteiger partial charge in [-0.25, -0.2) is 0 Å². The minimum atomic E-state index is -0.315. The highest BCUT2D eigenvalue weighted by atomic mass is 16.3. The fraction of sp³-hybridized carbons (Fsp3) is 0.444. The van der Waals surface area contributed by atoms with E-state index in [4.69, 9.17) is 5.11 Å². The highest BCUT2D eigenvalue weighted by Crippen LogP contribution is 2.10. The smallest absolute Gasteiger partial charge is 0.223 e. The summed E-state index contributed by atoms with van der Waals surface area (Å²) < 4.78 is 1.86. The standard InChI is InChI=1S/C9H13NO2/c1-6(2)10-5-9(12)8(11)4-7(10)3/h4-6,12H,1-3H3. The summed E-state index contributed by atoms with van der Waals surface area (Å²) in [6.45, 7) is 5.84. The van der Waals surface area contributed by atoms with Crippen LogP contribution in [-0.2, 0) is 0 Å². The first-order valence-electron chi connectivity index (χ1n) is 3.94. The van der Waals surface area contributed by atoms with Gasteiger partial charge in [0.2, 0.25) is 5.43 Å². The maximum absolute atomic E-state index is 11.0. The van der Waals surface area contributed by atoms with Crippen LogP contribution in [0.25, 0.3) is 0 Å². The Morgan fingerprint density at radius 2 is 2.08 bits per heavy atom. The molecule has 0 fully saturated rings. The maximum Gasteiger partial charge on any atom is 0.223 e. The lowest BCUT2D eigenvalue weighted by Crippen LogP contribution is -2.11. The highest BCUT2D eigenvalue weighted by Gasteiger charge is 2.03. The van der Waals surface area contributed by atoms with Crippen molar-refractivity contribution in [3.8, 4) is 5.75 Å². The summed E-state index contributed by atoms with van der Waals surface area (Å²) in [4.78, 5) is 11.0. The molecule has 0 aliphatic heterocycles. The number of nitrogens with zero attached hydrogens (tertiary/aromatic N) is 1. The largest absolute Gasteiger partial charge is 0.503 e. The Kier molecular flexibility index (Phi) is 2.22. The van der Waals surface area contributed by atoms with Crippen LogP contribution in [-0.4, -0.2) is 9.67 Å². The van der Waals surface area contributed by atoms with Crippen LogP contribution in [0.15, 0.2) is 17.1 Å². The van der Waals surface area contributed by atoms with Gasteiger partial charge >= 0.3 is 0 Å². The molecule has 3 nitrogen and oxygen atoms in total. The molecular formula is C9H13NO2. The zero-order chi connectivity index (χ0) is 9.30. The van der Waals surface area contributed by atoms with E-state index in [1.807, 2.05) is 25.3 Å². The number of aromatic hydroxyl groups is 1. The van der Waals surface area contributed by atoms with E-state index in [2.05, 4.69) is 0 Å².